The van der Waals surface area contributed by atoms with Gasteiger partial charge in [-0.25, -0.2) is 5.01 Å². The highest BCUT2D eigenvalue weighted by Crippen LogP contribution is 2.51. The lowest BCUT2D eigenvalue weighted by Gasteiger charge is -2.31. The SMILES string of the molecule is Cc1cc(OCCC2(N)CC2C2CCN(c3nc(C(C)C)no3)CC2)ccc1N(C=N)N=N. The summed E-state index contributed by atoms with van der Waals surface area (Å²) in [6, 6.07) is 6.20. The Morgan fingerprint density at radius 1 is 1.39 bits per heavy atom. The first kappa shape index (κ1) is 23.2. The smallest absolute Gasteiger partial charge is 0.324 e. The van der Waals surface area contributed by atoms with Crippen LogP contribution in [0.2, 0.25) is 0 Å². The lowest BCUT2D eigenvalue weighted by Crippen LogP contribution is -2.37. The van der Waals surface area contributed by atoms with Gasteiger partial charge in [0.15, 0.2) is 5.82 Å². The summed E-state index contributed by atoms with van der Waals surface area (Å²) in [5, 5.41) is 15.9. The van der Waals surface area contributed by atoms with Crippen LogP contribution in [0.25, 0.3) is 0 Å². The van der Waals surface area contributed by atoms with E-state index in [4.69, 9.17) is 25.9 Å². The van der Waals surface area contributed by atoms with E-state index in [1.54, 1.807) is 0 Å². The van der Waals surface area contributed by atoms with Crippen molar-refractivity contribution in [3.05, 3.63) is 29.6 Å². The van der Waals surface area contributed by atoms with Gasteiger partial charge < -0.3 is 19.9 Å². The number of hydrogen-bond donors (Lipinski definition) is 3. The van der Waals surface area contributed by atoms with E-state index in [0.717, 1.165) is 62.2 Å². The largest absolute Gasteiger partial charge is 0.494 e. The molecule has 2 heterocycles. The van der Waals surface area contributed by atoms with Crippen LogP contribution in [0.1, 0.15) is 56.8 Å². The van der Waals surface area contributed by atoms with E-state index in [2.05, 4.69) is 34.1 Å². The normalized spacial score (nSPS) is 22.9. The molecule has 2 aliphatic rings. The minimum atomic E-state index is -0.141. The number of aromatic nitrogens is 2. The van der Waals surface area contributed by atoms with Crippen molar-refractivity contribution in [2.24, 2.45) is 22.8 Å². The molecule has 4 rings (SSSR count). The van der Waals surface area contributed by atoms with Gasteiger partial charge in [0.1, 0.15) is 12.1 Å². The Kier molecular flexibility index (Phi) is 6.64. The van der Waals surface area contributed by atoms with Crippen LogP contribution >= 0.6 is 0 Å². The molecule has 0 spiro atoms. The van der Waals surface area contributed by atoms with Gasteiger partial charge in [-0.2, -0.15) is 10.5 Å². The molecule has 33 heavy (non-hydrogen) atoms. The molecule has 2 aromatic rings. The number of ether oxygens (including phenoxy) is 1. The van der Waals surface area contributed by atoms with Crippen LogP contribution in [0.15, 0.2) is 27.9 Å². The summed E-state index contributed by atoms with van der Waals surface area (Å²) in [6.45, 7) is 8.47. The van der Waals surface area contributed by atoms with Crippen LogP contribution in [0, 0.1) is 29.7 Å². The zero-order chi connectivity index (χ0) is 23.6. The van der Waals surface area contributed by atoms with Gasteiger partial charge in [-0.3, -0.25) is 5.41 Å². The summed E-state index contributed by atoms with van der Waals surface area (Å²) in [4.78, 5) is 6.72. The monoisotopic (exact) mass is 454 g/mol. The molecule has 178 valence electrons. The molecule has 10 heteroatoms. The maximum Gasteiger partial charge on any atom is 0.324 e. The van der Waals surface area contributed by atoms with Crippen molar-refractivity contribution >= 4 is 18.0 Å². The summed E-state index contributed by atoms with van der Waals surface area (Å²) < 4.78 is 11.4. The van der Waals surface area contributed by atoms with Crippen LogP contribution in [-0.4, -0.2) is 41.7 Å². The topological polar surface area (TPSA) is 141 Å². The van der Waals surface area contributed by atoms with E-state index in [1.807, 2.05) is 25.1 Å². The molecule has 1 saturated carbocycles. The summed E-state index contributed by atoms with van der Waals surface area (Å²) >= 11 is 0. The van der Waals surface area contributed by atoms with Gasteiger partial charge in [0.2, 0.25) is 0 Å². The molecule has 4 N–H and O–H groups in total. The van der Waals surface area contributed by atoms with Gasteiger partial charge in [0.05, 0.1) is 12.3 Å². The summed E-state index contributed by atoms with van der Waals surface area (Å²) in [7, 11) is 0. The quantitative estimate of drug-likeness (QED) is 0.211. The molecule has 1 aliphatic heterocycles. The molecule has 2 atom stereocenters. The number of nitrogens with one attached hydrogen (secondary N) is 2. The number of hydrogen-bond acceptors (Lipinski definition) is 9. The Morgan fingerprint density at radius 3 is 2.76 bits per heavy atom. The third-order valence-electron chi connectivity index (χ3n) is 6.99. The summed E-state index contributed by atoms with van der Waals surface area (Å²) in [6.07, 6.45) is 5.08. The number of benzene rings is 1. The second-order valence-corrected chi connectivity index (χ2v) is 9.58. The summed E-state index contributed by atoms with van der Waals surface area (Å²) in [5.41, 5.74) is 15.3. The van der Waals surface area contributed by atoms with Crippen molar-refractivity contribution in [3.63, 3.8) is 0 Å². The third kappa shape index (κ3) is 5.00. The first-order valence-corrected chi connectivity index (χ1v) is 11.6. The predicted molar refractivity (Wildman–Crippen MR) is 126 cm³/mol. The molecule has 2 fully saturated rings. The van der Waals surface area contributed by atoms with Gasteiger partial charge in [0.25, 0.3) is 0 Å². The van der Waals surface area contributed by atoms with Crippen LogP contribution in [0.5, 0.6) is 5.75 Å². The zero-order valence-corrected chi connectivity index (χ0v) is 19.6. The average Bonchev–Trinajstić information content (AvgIpc) is 3.23. The molecular formula is C23H34N8O2. The van der Waals surface area contributed by atoms with Crippen molar-refractivity contribution in [1.82, 2.24) is 10.1 Å². The fourth-order valence-electron chi connectivity index (χ4n) is 4.84. The minimum Gasteiger partial charge on any atom is -0.494 e. The lowest BCUT2D eigenvalue weighted by molar-refractivity contribution is 0.268. The molecule has 1 aromatic carbocycles. The highest BCUT2D eigenvalue weighted by molar-refractivity contribution is 5.77. The molecule has 1 saturated heterocycles. The standard InChI is InChI=1S/C23H34N8O2/c1-15(2)21-27-22(33-28-21)30-9-6-17(7-10-30)19-13-23(19,25)8-11-32-18-4-5-20(16(3)12-18)31(14-24)29-26/h4-5,12,14-15,17,19,24,26H,6-11,13,25H2,1-3H3. The van der Waals surface area contributed by atoms with Crippen LogP contribution in [0.3, 0.4) is 0 Å². The van der Waals surface area contributed by atoms with E-state index in [9.17, 15) is 0 Å². The Balaban J connectivity index is 1.23. The first-order valence-electron chi connectivity index (χ1n) is 11.6. The Morgan fingerprint density at radius 2 is 2.15 bits per heavy atom. The van der Waals surface area contributed by atoms with Gasteiger partial charge in [0, 0.05) is 24.5 Å². The molecule has 1 aliphatic carbocycles. The van der Waals surface area contributed by atoms with E-state index < -0.39 is 0 Å². The van der Waals surface area contributed by atoms with Crippen molar-refractivity contribution in [3.8, 4) is 5.75 Å². The maximum atomic E-state index is 7.34. The fraction of sp³-hybridized carbons (Fsp3) is 0.609. The van der Waals surface area contributed by atoms with Crippen molar-refractivity contribution < 1.29 is 9.26 Å². The molecule has 0 amide bonds. The molecule has 10 nitrogen and oxygen atoms in total. The van der Waals surface area contributed by atoms with Gasteiger partial charge in [-0.05, 0) is 68.2 Å². The number of nitrogens with zero attached hydrogens (tertiary/aromatic N) is 5. The Bertz CT molecular complexity index is 977. The number of piperidine rings is 1. The van der Waals surface area contributed by atoms with Gasteiger partial charge in [-0.1, -0.05) is 24.2 Å². The number of rotatable bonds is 10. The van der Waals surface area contributed by atoms with Crippen LogP contribution < -0.4 is 20.4 Å². The molecular weight excluding hydrogens is 420 g/mol. The van der Waals surface area contributed by atoms with E-state index in [-0.39, 0.29) is 11.5 Å². The predicted octanol–water partition coefficient (Wildman–Crippen LogP) is 4.26. The van der Waals surface area contributed by atoms with Crippen LogP contribution in [0.4, 0.5) is 11.7 Å². The van der Waals surface area contributed by atoms with Crippen molar-refractivity contribution in [2.45, 2.75) is 57.9 Å². The first-order chi connectivity index (χ1) is 15.8. The highest BCUT2D eigenvalue weighted by atomic mass is 16.5. The number of aryl methyl sites for hydroxylation is 1. The Labute approximate surface area is 194 Å². The Hall–Kier alpha value is -3.01. The second kappa shape index (κ2) is 9.46. The fourth-order valence-corrected chi connectivity index (χ4v) is 4.84. The van der Waals surface area contributed by atoms with E-state index >= 15 is 0 Å². The molecule has 1 aromatic heterocycles. The molecule has 0 radical (unpaired) electrons. The van der Waals surface area contributed by atoms with Crippen molar-refractivity contribution in [2.75, 3.05) is 29.6 Å². The average molecular weight is 455 g/mol. The van der Waals surface area contributed by atoms with E-state index in [0.29, 0.717) is 30.1 Å². The zero-order valence-electron chi connectivity index (χ0n) is 19.6. The molecule has 2 unspecified atom stereocenters. The van der Waals surface area contributed by atoms with Gasteiger partial charge in [-0.15, -0.1) is 0 Å². The lowest BCUT2D eigenvalue weighted by atomic mass is 9.89. The van der Waals surface area contributed by atoms with E-state index in [1.165, 1.54) is 5.01 Å². The van der Waals surface area contributed by atoms with Crippen LogP contribution in [-0.2, 0) is 0 Å². The number of nitrogens with two attached hydrogens (primary N) is 1. The highest BCUT2D eigenvalue weighted by Gasteiger charge is 2.54. The van der Waals surface area contributed by atoms with Crippen molar-refractivity contribution in [1.29, 1.82) is 10.9 Å². The number of anilines is 2. The third-order valence-corrected chi connectivity index (χ3v) is 6.99. The minimum absolute atomic E-state index is 0.141. The maximum absolute atomic E-state index is 7.34. The molecule has 0 bridgehead atoms. The summed E-state index contributed by atoms with van der Waals surface area (Å²) in [5.74, 6) is 2.96. The second-order valence-electron chi connectivity index (χ2n) is 9.58. The van der Waals surface area contributed by atoms with Gasteiger partial charge >= 0.3 is 6.01 Å².